The molecule has 0 fully saturated rings. The normalized spacial score (nSPS) is 13.9. The second kappa shape index (κ2) is 5.95. The molecule has 0 radical (unpaired) electrons. The molecule has 0 aliphatic heterocycles. The first-order chi connectivity index (χ1) is 7.86. The van der Waals surface area contributed by atoms with Crippen LogP contribution in [0.3, 0.4) is 0 Å². The van der Waals surface area contributed by atoms with Crippen molar-refractivity contribution in [3.8, 4) is 0 Å². The summed E-state index contributed by atoms with van der Waals surface area (Å²) in [6.07, 6.45) is 0. The number of hydrogen-bond acceptors (Lipinski definition) is 4. The van der Waals surface area contributed by atoms with Gasteiger partial charge in [0.05, 0.1) is 4.90 Å². The van der Waals surface area contributed by atoms with Crippen molar-refractivity contribution in [3.05, 3.63) is 15.8 Å². The van der Waals surface area contributed by atoms with Gasteiger partial charge in [0.25, 0.3) is 0 Å². The minimum absolute atomic E-state index is 0.273. The second-order valence-corrected chi connectivity index (χ2v) is 7.49. The fraction of sp³-hybridized carbons (Fsp3) is 0.636. The highest BCUT2D eigenvalue weighted by atomic mass is 32.2. The van der Waals surface area contributed by atoms with E-state index in [1.54, 1.807) is 6.07 Å². The Hall–Kier alpha value is -0.430. The van der Waals surface area contributed by atoms with E-state index in [2.05, 4.69) is 10.0 Å². The molecule has 2 N–H and O–H groups in total. The Morgan fingerprint density at radius 3 is 2.47 bits per heavy atom. The molecule has 1 aromatic rings. The van der Waals surface area contributed by atoms with Crippen molar-refractivity contribution in [2.24, 2.45) is 5.92 Å². The summed E-state index contributed by atoms with van der Waals surface area (Å²) in [6.45, 7) is 7.01. The summed E-state index contributed by atoms with van der Waals surface area (Å²) in [5.41, 5.74) is 0. The van der Waals surface area contributed by atoms with Gasteiger partial charge in [0.15, 0.2) is 0 Å². The number of hydrogen-bond donors (Lipinski definition) is 2. The third-order valence-electron chi connectivity index (χ3n) is 2.46. The summed E-state index contributed by atoms with van der Waals surface area (Å²) in [7, 11) is -1.49. The van der Waals surface area contributed by atoms with Crippen molar-refractivity contribution < 1.29 is 8.42 Å². The van der Waals surface area contributed by atoms with E-state index in [1.165, 1.54) is 11.3 Å². The van der Waals surface area contributed by atoms with Crippen molar-refractivity contribution in [2.45, 2.75) is 25.7 Å². The average molecular weight is 276 g/mol. The van der Waals surface area contributed by atoms with Gasteiger partial charge < -0.3 is 5.32 Å². The smallest absolute Gasteiger partial charge is 0.241 e. The highest BCUT2D eigenvalue weighted by molar-refractivity contribution is 7.89. The lowest BCUT2D eigenvalue weighted by atomic mass is 10.2. The standard InChI is InChI=1S/C11H20N2O2S2/c1-8(6-12-4)7-13-17(14,15)11-5-9(2)16-10(11)3/h5,8,12-13H,6-7H2,1-4H3. The molecule has 6 heteroatoms. The SMILES string of the molecule is CNCC(C)CNS(=O)(=O)c1cc(C)sc1C. The molecule has 0 bridgehead atoms. The fourth-order valence-electron chi connectivity index (χ4n) is 1.62. The molecule has 0 aliphatic carbocycles. The van der Waals surface area contributed by atoms with E-state index < -0.39 is 10.0 Å². The first-order valence-corrected chi connectivity index (χ1v) is 7.88. The molecule has 0 aliphatic rings. The van der Waals surface area contributed by atoms with E-state index in [9.17, 15) is 8.42 Å². The van der Waals surface area contributed by atoms with Crippen LogP contribution >= 0.6 is 11.3 Å². The molecule has 0 saturated carbocycles. The molecule has 1 unspecified atom stereocenters. The minimum Gasteiger partial charge on any atom is -0.319 e. The first-order valence-electron chi connectivity index (χ1n) is 5.58. The molecule has 17 heavy (non-hydrogen) atoms. The van der Waals surface area contributed by atoms with Crippen LogP contribution in [0.2, 0.25) is 0 Å². The zero-order valence-corrected chi connectivity index (χ0v) is 12.3. The summed E-state index contributed by atoms with van der Waals surface area (Å²) in [5.74, 6) is 0.273. The van der Waals surface area contributed by atoms with Gasteiger partial charge in [-0.2, -0.15) is 0 Å². The van der Waals surface area contributed by atoms with E-state index in [4.69, 9.17) is 0 Å². The summed E-state index contributed by atoms with van der Waals surface area (Å²) in [5, 5.41) is 3.03. The van der Waals surface area contributed by atoms with Crippen LogP contribution in [-0.2, 0) is 10.0 Å². The van der Waals surface area contributed by atoms with E-state index >= 15 is 0 Å². The van der Waals surface area contributed by atoms with Crippen molar-refractivity contribution in [1.29, 1.82) is 0 Å². The van der Waals surface area contributed by atoms with Gasteiger partial charge in [-0.3, -0.25) is 0 Å². The summed E-state index contributed by atoms with van der Waals surface area (Å²) in [6, 6.07) is 1.73. The Kier molecular flexibility index (Phi) is 5.12. The number of rotatable bonds is 6. The Labute approximate surface area is 107 Å². The molecular weight excluding hydrogens is 256 g/mol. The van der Waals surface area contributed by atoms with Gasteiger partial charge >= 0.3 is 0 Å². The van der Waals surface area contributed by atoms with Crippen molar-refractivity contribution in [3.63, 3.8) is 0 Å². The van der Waals surface area contributed by atoms with Crippen LogP contribution in [0.15, 0.2) is 11.0 Å². The number of aryl methyl sites for hydroxylation is 2. The predicted molar refractivity (Wildman–Crippen MR) is 72.1 cm³/mol. The van der Waals surface area contributed by atoms with Crippen molar-refractivity contribution in [2.75, 3.05) is 20.1 Å². The van der Waals surface area contributed by atoms with Crippen LogP contribution in [-0.4, -0.2) is 28.6 Å². The number of nitrogens with one attached hydrogen (secondary N) is 2. The fourth-order valence-corrected chi connectivity index (χ4v) is 4.34. The topological polar surface area (TPSA) is 58.2 Å². The lowest BCUT2D eigenvalue weighted by Crippen LogP contribution is -2.32. The van der Waals surface area contributed by atoms with E-state index in [1.807, 2.05) is 27.8 Å². The molecule has 98 valence electrons. The monoisotopic (exact) mass is 276 g/mol. The maximum atomic E-state index is 12.1. The minimum atomic E-state index is -3.35. The summed E-state index contributed by atoms with van der Waals surface area (Å²) in [4.78, 5) is 2.28. The lowest BCUT2D eigenvalue weighted by molar-refractivity contribution is 0.519. The van der Waals surface area contributed by atoms with Crippen LogP contribution in [0.25, 0.3) is 0 Å². The van der Waals surface area contributed by atoms with Crippen LogP contribution in [0.5, 0.6) is 0 Å². The average Bonchev–Trinajstić information content (AvgIpc) is 2.56. The molecule has 1 atom stereocenters. The van der Waals surface area contributed by atoms with Crippen LogP contribution < -0.4 is 10.0 Å². The highest BCUT2D eigenvalue weighted by Crippen LogP contribution is 2.24. The Morgan fingerprint density at radius 2 is 2.00 bits per heavy atom. The van der Waals surface area contributed by atoms with Gasteiger partial charge in [-0.15, -0.1) is 11.3 Å². The van der Waals surface area contributed by atoms with Gasteiger partial charge in [-0.1, -0.05) is 6.92 Å². The lowest BCUT2D eigenvalue weighted by Gasteiger charge is -2.12. The third-order valence-corrected chi connectivity index (χ3v) is 5.10. The Balaban J connectivity index is 2.73. The quantitative estimate of drug-likeness (QED) is 0.828. The molecule has 0 spiro atoms. The molecule has 0 aromatic carbocycles. The molecule has 1 aromatic heterocycles. The molecule has 0 saturated heterocycles. The third kappa shape index (κ3) is 4.06. The number of thiophene rings is 1. The van der Waals surface area contributed by atoms with Crippen LogP contribution in [0.1, 0.15) is 16.7 Å². The predicted octanol–water partition coefficient (Wildman–Crippen LogP) is 1.50. The van der Waals surface area contributed by atoms with Crippen LogP contribution in [0, 0.1) is 19.8 Å². The van der Waals surface area contributed by atoms with Crippen molar-refractivity contribution >= 4 is 21.4 Å². The molecular formula is C11H20N2O2S2. The Bertz CT molecular complexity index is 466. The van der Waals surface area contributed by atoms with E-state index in [0.29, 0.717) is 11.4 Å². The maximum absolute atomic E-state index is 12.1. The maximum Gasteiger partial charge on any atom is 0.241 e. The van der Waals surface area contributed by atoms with Gasteiger partial charge in [-0.25, -0.2) is 13.1 Å². The van der Waals surface area contributed by atoms with E-state index in [-0.39, 0.29) is 5.92 Å². The van der Waals surface area contributed by atoms with Gasteiger partial charge in [0, 0.05) is 16.3 Å². The summed E-state index contributed by atoms with van der Waals surface area (Å²) >= 11 is 1.51. The molecule has 1 heterocycles. The molecule has 4 nitrogen and oxygen atoms in total. The first kappa shape index (κ1) is 14.6. The Morgan fingerprint density at radius 1 is 1.35 bits per heavy atom. The van der Waals surface area contributed by atoms with Crippen molar-refractivity contribution in [1.82, 2.24) is 10.0 Å². The summed E-state index contributed by atoms with van der Waals surface area (Å²) < 4.78 is 26.8. The molecule has 1 rings (SSSR count). The largest absolute Gasteiger partial charge is 0.319 e. The van der Waals surface area contributed by atoms with Gasteiger partial charge in [-0.05, 0) is 39.4 Å². The highest BCUT2D eigenvalue weighted by Gasteiger charge is 2.19. The number of sulfonamides is 1. The van der Waals surface area contributed by atoms with Gasteiger partial charge in [0.2, 0.25) is 10.0 Å². The van der Waals surface area contributed by atoms with E-state index in [0.717, 1.165) is 16.3 Å². The second-order valence-electron chi connectivity index (χ2n) is 4.29. The zero-order valence-electron chi connectivity index (χ0n) is 10.7. The zero-order chi connectivity index (χ0) is 13.1. The van der Waals surface area contributed by atoms with Crippen LogP contribution in [0.4, 0.5) is 0 Å². The molecule has 0 amide bonds. The van der Waals surface area contributed by atoms with Gasteiger partial charge in [0.1, 0.15) is 0 Å².